The lowest BCUT2D eigenvalue weighted by Gasteiger charge is -2.18. The minimum atomic E-state index is -4.42. The molecule has 29 heavy (non-hydrogen) atoms. The Hall–Kier alpha value is -2.78. The van der Waals surface area contributed by atoms with Crippen molar-refractivity contribution in [3.63, 3.8) is 0 Å². The number of aromatic nitrogens is 4. The summed E-state index contributed by atoms with van der Waals surface area (Å²) >= 11 is 0. The molecule has 1 N–H and O–H groups in total. The number of carbonyl (C=O) groups is 1. The van der Waals surface area contributed by atoms with E-state index in [0.29, 0.717) is 18.9 Å². The van der Waals surface area contributed by atoms with Crippen LogP contribution in [0.1, 0.15) is 31.9 Å². The molecule has 1 aromatic heterocycles. The van der Waals surface area contributed by atoms with E-state index in [1.54, 1.807) is 12.4 Å². The lowest BCUT2D eigenvalue weighted by atomic mass is 9.91. The number of hydrogen-bond donors (Lipinski definition) is 1. The van der Waals surface area contributed by atoms with Crippen LogP contribution in [0.25, 0.3) is 17.2 Å². The molecule has 4 rings (SSSR count). The molecule has 0 spiro atoms. The van der Waals surface area contributed by atoms with Gasteiger partial charge in [0.25, 0.3) is 0 Å². The van der Waals surface area contributed by atoms with E-state index in [4.69, 9.17) is 0 Å². The van der Waals surface area contributed by atoms with Crippen LogP contribution in [0.5, 0.6) is 0 Å². The maximum atomic E-state index is 12.5. The van der Waals surface area contributed by atoms with E-state index in [1.807, 2.05) is 25.2 Å². The van der Waals surface area contributed by atoms with Gasteiger partial charge in [0, 0.05) is 43.6 Å². The van der Waals surface area contributed by atoms with Crippen LogP contribution in [0.4, 0.5) is 18.0 Å². The van der Waals surface area contributed by atoms with E-state index in [-0.39, 0.29) is 11.8 Å². The van der Waals surface area contributed by atoms with Gasteiger partial charge in [0.1, 0.15) is 12.2 Å². The van der Waals surface area contributed by atoms with Crippen LogP contribution < -0.4 is 5.32 Å². The number of nitrogens with one attached hydrogen (secondary N) is 1. The zero-order valence-corrected chi connectivity index (χ0v) is 16.3. The van der Waals surface area contributed by atoms with E-state index in [2.05, 4.69) is 25.1 Å². The van der Waals surface area contributed by atoms with Gasteiger partial charge in [-0.3, -0.25) is 4.40 Å². The molecule has 0 unspecified atom stereocenters. The minimum Gasteiger partial charge on any atom is -0.331 e. The SMILES string of the molecule is CC[C@@H]1CN(C(=O)NCC(F)(F)F)C[C@@H]1c1cn(CC)c2cnc3nccc-3n12. The third-order valence-corrected chi connectivity index (χ3v) is 5.68. The normalized spacial score (nSPS) is 20.1. The molecular formula is C19H23F3N6O. The van der Waals surface area contributed by atoms with Crippen molar-refractivity contribution in [3.05, 3.63) is 30.4 Å². The number of halogens is 3. The average Bonchev–Trinajstić information content (AvgIpc) is 3.39. The quantitative estimate of drug-likeness (QED) is 0.720. The van der Waals surface area contributed by atoms with E-state index in [0.717, 1.165) is 30.0 Å². The van der Waals surface area contributed by atoms with Crippen LogP contribution in [0.2, 0.25) is 0 Å². The van der Waals surface area contributed by atoms with Gasteiger partial charge in [0.2, 0.25) is 0 Å². The summed E-state index contributed by atoms with van der Waals surface area (Å²) in [7, 11) is 0. The van der Waals surface area contributed by atoms with Crippen LogP contribution >= 0.6 is 0 Å². The summed E-state index contributed by atoms with van der Waals surface area (Å²) in [5.41, 5.74) is 2.84. The first-order valence-corrected chi connectivity index (χ1v) is 9.73. The van der Waals surface area contributed by atoms with Crippen molar-refractivity contribution in [1.82, 2.24) is 29.2 Å². The molecule has 0 aliphatic carbocycles. The van der Waals surface area contributed by atoms with Crippen molar-refractivity contribution in [3.8, 4) is 11.5 Å². The highest BCUT2D eigenvalue weighted by molar-refractivity contribution is 5.74. The minimum absolute atomic E-state index is 0.0115. The molecule has 3 aliphatic rings. The highest BCUT2D eigenvalue weighted by atomic mass is 19.4. The Balaban J connectivity index is 1.68. The Bertz CT molecular complexity index is 994. The molecule has 0 bridgehead atoms. The second-order valence-electron chi connectivity index (χ2n) is 7.40. The van der Waals surface area contributed by atoms with Gasteiger partial charge in [-0.1, -0.05) is 13.3 Å². The van der Waals surface area contributed by atoms with Gasteiger partial charge in [0.15, 0.2) is 5.82 Å². The highest BCUT2D eigenvalue weighted by Gasteiger charge is 2.38. The topological polar surface area (TPSA) is 67.5 Å². The fourth-order valence-corrected chi connectivity index (χ4v) is 4.24. The fraction of sp³-hybridized carbons (Fsp3) is 0.526. The second kappa shape index (κ2) is 7.23. The van der Waals surface area contributed by atoms with Crippen LogP contribution in [0.15, 0.2) is 24.7 Å². The largest absolute Gasteiger partial charge is 0.405 e. The molecule has 10 heteroatoms. The summed E-state index contributed by atoms with van der Waals surface area (Å²) in [6, 6.07) is 1.23. The van der Waals surface area contributed by atoms with Gasteiger partial charge < -0.3 is 14.8 Å². The van der Waals surface area contributed by atoms with Crippen molar-refractivity contribution in [2.24, 2.45) is 5.92 Å². The second-order valence-corrected chi connectivity index (χ2v) is 7.40. The third kappa shape index (κ3) is 3.51. The molecule has 1 fully saturated rings. The third-order valence-electron chi connectivity index (χ3n) is 5.68. The number of alkyl halides is 3. The number of imidazole rings is 1. The smallest absolute Gasteiger partial charge is 0.331 e. The monoisotopic (exact) mass is 408 g/mol. The maximum Gasteiger partial charge on any atom is 0.405 e. The molecular weight excluding hydrogens is 385 g/mol. The van der Waals surface area contributed by atoms with Crippen LogP contribution in [-0.4, -0.2) is 55.7 Å². The van der Waals surface area contributed by atoms with Gasteiger partial charge in [-0.25, -0.2) is 14.8 Å². The first-order chi connectivity index (χ1) is 13.8. The Morgan fingerprint density at radius 1 is 1.28 bits per heavy atom. The van der Waals surface area contributed by atoms with Crippen LogP contribution in [0, 0.1) is 5.92 Å². The van der Waals surface area contributed by atoms with E-state index < -0.39 is 18.8 Å². The highest BCUT2D eigenvalue weighted by Crippen LogP contribution is 2.37. The molecule has 4 heterocycles. The Morgan fingerprint density at radius 3 is 2.76 bits per heavy atom. The molecule has 7 nitrogen and oxygen atoms in total. The number of nitrogens with zero attached hydrogens (tertiary/aromatic N) is 5. The number of fused-ring (bicyclic) bond motifs is 3. The number of amides is 2. The van der Waals surface area contributed by atoms with E-state index in [1.165, 1.54) is 4.90 Å². The number of rotatable bonds is 4. The van der Waals surface area contributed by atoms with E-state index in [9.17, 15) is 18.0 Å². The standard InChI is InChI=1S/C19H23F3N6O/c1-3-12-8-27(18(29)25-11-19(20,21)22)9-13(12)15-10-26(4-2)16-7-24-17-14(28(15)16)5-6-23-17/h5-7,10,12-13H,3-4,8-9,11H2,1-2H3,(H,25,29)/t12-,13+/m1/s1. The number of carbonyl (C=O) groups excluding carboxylic acids is 1. The van der Waals surface area contributed by atoms with Gasteiger partial charge in [-0.05, 0) is 18.9 Å². The predicted molar refractivity (Wildman–Crippen MR) is 101 cm³/mol. The molecule has 0 aromatic carbocycles. The Kier molecular flexibility index (Phi) is 4.87. The Morgan fingerprint density at radius 2 is 2.07 bits per heavy atom. The fourth-order valence-electron chi connectivity index (χ4n) is 4.24. The summed E-state index contributed by atoms with van der Waals surface area (Å²) in [6.07, 6.45) is 1.95. The van der Waals surface area contributed by atoms with Crippen molar-refractivity contribution in [1.29, 1.82) is 0 Å². The first-order valence-electron chi connectivity index (χ1n) is 9.73. The van der Waals surface area contributed by atoms with Crippen LogP contribution in [0.3, 0.4) is 0 Å². The summed E-state index contributed by atoms with van der Waals surface area (Å²) in [6.45, 7) is 4.32. The lowest BCUT2D eigenvalue weighted by molar-refractivity contribution is -0.123. The zero-order chi connectivity index (χ0) is 20.8. The summed E-state index contributed by atoms with van der Waals surface area (Å²) in [5, 5.41) is 1.99. The zero-order valence-electron chi connectivity index (χ0n) is 16.3. The maximum absolute atomic E-state index is 12.5. The summed E-state index contributed by atoms with van der Waals surface area (Å²) in [4.78, 5) is 22.5. The van der Waals surface area contributed by atoms with E-state index >= 15 is 0 Å². The van der Waals surface area contributed by atoms with Gasteiger partial charge in [0.05, 0.1) is 11.9 Å². The van der Waals surface area contributed by atoms with Crippen molar-refractivity contribution in [2.75, 3.05) is 19.6 Å². The molecule has 156 valence electrons. The van der Waals surface area contributed by atoms with Gasteiger partial charge in [-0.2, -0.15) is 13.2 Å². The average molecular weight is 408 g/mol. The molecule has 2 amide bonds. The number of urea groups is 1. The molecule has 1 saturated heterocycles. The lowest BCUT2D eigenvalue weighted by Crippen LogP contribution is -2.42. The van der Waals surface area contributed by atoms with Crippen molar-refractivity contribution < 1.29 is 18.0 Å². The summed E-state index contributed by atoms with van der Waals surface area (Å²) < 4.78 is 41.6. The Labute approximate surface area is 165 Å². The van der Waals surface area contributed by atoms with Gasteiger partial charge in [-0.15, -0.1) is 0 Å². The van der Waals surface area contributed by atoms with Gasteiger partial charge >= 0.3 is 12.2 Å². The molecule has 0 saturated carbocycles. The molecule has 1 aromatic rings. The van der Waals surface area contributed by atoms with Crippen molar-refractivity contribution in [2.45, 2.75) is 38.9 Å². The predicted octanol–water partition coefficient (Wildman–Crippen LogP) is 3.35. The van der Waals surface area contributed by atoms with Crippen molar-refractivity contribution >= 4 is 11.7 Å². The summed E-state index contributed by atoms with van der Waals surface area (Å²) in [5.74, 6) is 0.807. The molecule has 3 aliphatic heterocycles. The molecule has 2 atom stereocenters. The number of hydrogen-bond acceptors (Lipinski definition) is 3. The first kappa shape index (κ1) is 19.5. The number of likely N-dealkylation sites (tertiary alicyclic amines) is 1. The van der Waals surface area contributed by atoms with Crippen LogP contribution in [-0.2, 0) is 6.54 Å². The molecule has 0 radical (unpaired) electrons. The number of aryl methyl sites for hydroxylation is 1.